The predicted octanol–water partition coefficient (Wildman–Crippen LogP) is 4.53. The lowest BCUT2D eigenvalue weighted by Crippen LogP contribution is -2.38. The fraction of sp³-hybridized carbons (Fsp3) is 0.136. The zero-order chi connectivity index (χ0) is 21.9. The number of sulfonamides is 1. The van der Waals surface area contributed by atoms with Gasteiger partial charge in [-0.1, -0.05) is 44.0 Å². The lowest BCUT2D eigenvalue weighted by molar-refractivity contribution is 0.0774. The second-order valence-electron chi connectivity index (χ2n) is 7.42. The van der Waals surface area contributed by atoms with Crippen molar-refractivity contribution < 1.29 is 18.3 Å². The first-order chi connectivity index (χ1) is 14.8. The number of aromatic nitrogens is 1. The summed E-state index contributed by atoms with van der Waals surface area (Å²) in [6.07, 6.45) is -1.08. The number of aliphatic hydroxyl groups is 1. The normalized spacial score (nSPS) is 16.2. The molecule has 1 amide bonds. The molecule has 5 rings (SSSR count). The Kier molecular flexibility index (Phi) is 4.97. The molecule has 6 nitrogen and oxygen atoms in total. The molecule has 9 heteroatoms. The summed E-state index contributed by atoms with van der Waals surface area (Å²) >= 11 is 7.01. The Bertz CT molecular complexity index is 1420. The second kappa shape index (κ2) is 7.44. The van der Waals surface area contributed by atoms with Crippen LogP contribution in [0.15, 0.2) is 74.5 Å². The highest BCUT2D eigenvalue weighted by molar-refractivity contribution is 9.10. The average molecular weight is 564 g/mol. The molecule has 4 aromatic rings. The molecule has 1 aliphatic heterocycles. The third-order valence-electron chi connectivity index (χ3n) is 5.47. The summed E-state index contributed by atoms with van der Waals surface area (Å²) in [6.45, 7) is -0.178. The molecule has 1 aliphatic rings. The van der Waals surface area contributed by atoms with E-state index < -0.39 is 22.0 Å². The summed E-state index contributed by atoms with van der Waals surface area (Å²) < 4.78 is 30.2. The van der Waals surface area contributed by atoms with Crippen LogP contribution in [0.25, 0.3) is 21.8 Å². The number of carbonyl (C=O) groups is 1. The van der Waals surface area contributed by atoms with Gasteiger partial charge in [-0.15, -0.1) is 0 Å². The summed E-state index contributed by atoms with van der Waals surface area (Å²) in [5.41, 5.74) is 1.96. The minimum absolute atomic E-state index is 0.0150. The van der Waals surface area contributed by atoms with E-state index in [1.165, 1.54) is 12.1 Å². The van der Waals surface area contributed by atoms with Gasteiger partial charge in [0.1, 0.15) is 4.90 Å². The standard InChI is InChI=1S/C22H16Br2N2O4S/c23-13-5-7-19-17(9-13)18-10-14(24)6-8-20(18)25(19)11-15(27)12-26-22(28)16-3-1-2-4-21(16)31(26,29)30/h1-10,15,27H,11-12H2/t15-/m0/s1. The van der Waals surface area contributed by atoms with E-state index in [-0.39, 0.29) is 23.5 Å². The first-order valence-corrected chi connectivity index (χ1v) is 12.5. The second-order valence-corrected chi connectivity index (χ2v) is 11.1. The van der Waals surface area contributed by atoms with E-state index >= 15 is 0 Å². The molecule has 0 radical (unpaired) electrons. The van der Waals surface area contributed by atoms with E-state index in [4.69, 9.17) is 0 Å². The van der Waals surface area contributed by atoms with E-state index in [1.54, 1.807) is 12.1 Å². The molecule has 1 atom stereocenters. The van der Waals surface area contributed by atoms with Crippen molar-refractivity contribution in [3.8, 4) is 0 Å². The van der Waals surface area contributed by atoms with E-state index in [1.807, 2.05) is 41.0 Å². The first-order valence-electron chi connectivity index (χ1n) is 9.48. The molecule has 0 saturated carbocycles. The van der Waals surface area contributed by atoms with Crippen molar-refractivity contribution in [3.63, 3.8) is 0 Å². The summed E-state index contributed by atoms with van der Waals surface area (Å²) in [6, 6.07) is 17.9. The van der Waals surface area contributed by atoms with Crippen LogP contribution >= 0.6 is 31.9 Å². The van der Waals surface area contributed by atoms with Crippen molar-refractivity contribution in [2.24, 2.45) is 0 Å². The van der Waals surface area contributed by atoms with Crippen LogP contribution in [0.1, 0.15) is 10.4 Å². The highest BCUT2D eigenvalue weighted by Crippen LogP contribution is 2.34. The smallest absolute Gasteiger partial charge is 0.269 e. The van der Waals surface area contributed by atoms with Crippen molar-refractivity contribution in [3.05, 3.63) is 75.2 Å². The summed E-state index contributed by atoms with van der Waals surface area (Å²) in [5.74, 6) is -0.607. The number of aliphatic hydroxyl groups excluding tert-OH is 1. The molecule has 0 fully saturated rings. The van der Waals surface area contributed by atoms with E-state index in [2.05, 4.69) is 31.9 Å². The molecule has 3 aromatic carbocycles. The van der Waals surface area contributed by atoms with Gasteiger partial charge in [0.2, 0.25) is 0 Å². The molecule has 0 aliphatic carbocycles. The van der Waals surface area contributed by atoms with Gasteiger partial charge in [-0.3, -0.25) is 4.79 Å². The monoisotopic (exact) mass is 562 g/mol. The number of nitrogens with zero attached hydrogens (tertiary/aromatic N) is 2. The molecule has 2 heterocycles. The quantitative estimate of drug-likeness (QED) is 0.396. The minimum Gasteiger partial charge on any atom is -0.389 e. The van der Waals surface area contributed by atoms with Crippen LogP contribution in [-0.4, -0.2) is 41.0 Å². The van der Waals surface area contributed by atoms with Crippen molar-refractivity contribution >= 4 is 69.6 Å². The number of β-amino-alcohol motifs (C(OH)–C–C–N with tert-alkyl or cyclic N) is 1. The Morgan fingerprint density at radius 1 is 0.871 bits per heavy atom. The van der Waals surface area contributed by atoms with E-state index in [9.17, 15) is 18.3 Å². The number of halogens is 2. The number of benzene rings is 3. The van der Waals surface area contributed by atoms with Crippen molar-refractivity contribution in [2.45, 2.75) is 17.5 Å². The van der Waals surface area contributed by atoms with Crippen molar-refractivity contribution in [2.75, 3.05) is 6.54 Å². The SMILES string of the molecule is O=C1c2ccccc2S(=O)(=O)N1C[C@@H](O)Cn1c2ccc(Br)cc2c2cc(Br)ccc21. The molecular formula is C22H16Br2N2O4S. The van der Waals surface area contributed by atoms with Crippen LogP contribution in [0.2, 0.25) is 0 Å². The maximum atomic E-state index is 12.8. The van der Waals surface area contributed by atoms with Gasteiger partial charge in [0.15, 0.2) is 0 Å². The van der Waals surface area contributed by atoms with E-state index in [0.29, 0.717) is 0 Å². The van der Waals surface area contributed by atoms with Crippen LogP contribution in [-0.2, 0) is 16.6 Å². The summed E-state index contributed by atoms with van der Waals surface area (Å²) in [4.78, 5) is 12.7. The number of amides is 1. The number of rotatable bonds is 4. The zero-order valence-corrected chi connectivity index (χ0v) is 20.0. The van der Waals surface area contributed by atoms with Gasteiger partial charge in [-0.2, -0.15) is 0 Å². The number of hydrogen-bond donors (Lipinski definition) is 1. The molecule has 1 aromatic heterocycles. The topological polar surface area (TPSA) is 79.6 Å². The van der Waals surface area contributed by atoms with Gasteiger partial charge in [-0.05, 0) is 48.5 Å². The van der Waals surface area contributed by atoms with Gasteiger partial charge in [0.05, 0.1) is 24.8 Å². The van der Waals surface area contributed by atoms with Crippen LogP contribution in [0.3, 0.4) is 0 Å². The highest BCUT2D eigenvalue weighted by atomic mass is 79.9. The Morgan fingerprint density at radius 3 is 2.03 bits per heavy atom. The Labute approximate surface area is 195 Å². The minimum atomic E-state index is -3.96. The van der Waals surface area contributed by atoms with Gasteiger partial charge in [0, 0.05) is 30.8 Å². The van der Waals surface area contributed by atoms with Gasteiger partial charge < -0.3 is 9.67 Å². The predicted molar refractivity (Wildman–Crippen MR) is 126 cm³/mol. The van der Waals surface area contributed by atoms with Crippen molar-refractivity contribution in [1.82, 2.24) is 8.87 Å². The summed E-state index contributed by atoms with van der Waals surface area (Å²) in [5, 5.41) is 12.9. The number of hydrogen-bond acceptors (Lipinski definition) is 4. The van der Waals surface area contributed by atoms with Gasteiger partial charge in [0.25, 0.3) is 15.9 Å². The average Bonchev–Trinajstić information content (AvgIpc) is 3.12. The molecular weight excluding hydrogens is 548 g/mol. The number of carbonyl (C=O) groups excluding carboxylic acids is 1. The van der Waals surface area contributed by atoms with Gasteiger partial charge >= 0.3 is 0 Å². The largest absolute Gasteiger partial charge is 0.389 e. The third kappa shape index (κ3) is 3.31. The summed E-state index contributed by atoms with van der Waals surface area (Å²) in [7, 11) is -3.96. The molecule has 31 heavy (non-hydrogen) atoms. The Balaban J connectivity index is 1.52. The molecule has 0 spiro atoms. The molecule has 0 bridgehead atoms. The highest BCUT2D eigenvalue weighted by Gasteiger charge is 2.41. The number of fused-ring (bicyclic) bond motifs is 4. The van der Waals surface area contributed by atoms with Crippen LogP contribution in [0.4, 0.5) is 0 Å². The third-order valence-corrected chi connectivity index (χ3v) is 8.26. The van der Waals surface area contributed by atoms with Gasteiger partial charge in [-0.25, -0.2) is 12.7 Å². The van der Waals surface area contributed by atoms with Crippen LogP contribution < -0.4 is 0 Å². The van der Waals surface area contributed by atoms with Crippen molar-refractivity contribution in [1.29, 1.82) is 0 Å². The maximum Gasteiger partial charge on any atom is 0.269 e. The zero-order valence-electron chi connectivity index (χ0n) is 16.0. The maximum absolute atomic E-state index is 12.8. The molecule has 1 N–H and O–H groups in total. The molecule has 0 saturated heterocycles. The Hall–Kier alpha value is -2.20. The first kappa shape index (κ1) is 20.7. The van der Waals surface area contributed by atoms with Crippen LogP contribution in [0.5, 0.6) is 0 Å². The van der Waals surface area contributed by atoms with Crippen LogP contribution in [0, 0.1) is 0 Å². The molecule has 158 valence electrons. The molecule has 0 unspecified atom stereocenters. The van der Waals surface area contributed by atoms with E-state index in [0.717, 1.165) is 35.1 Å². The Morgan fingerprint density at radius 2 is 1.45 bits per heavy atom. The fourth-order valence-corrected chi connectivity index (χ4v) is 6.44. The fourth-order valence-electron chi connectivity index (χ4n) is 4.12. The lowest BCUT2D eigenvalue weighted by atomic mass is 10.2. The lowest BCUT2D eigenvalue weighted by Gasteiger charge is -2.20.